The molecular weight excluding hydrogens is 753 g/mol. The number of hydrogen-bond acceptors (Lipinski definition) is 7. The van der Waals surface area contributed by atoms with Crippen molar-refractivity contribution in [2.75, 3.05) is 32.9 Å². The monoisotopic (exact) mass is 808 g/mol. The fourth-order valence-electron chi connectivity index (χ4n) is 8.73. The van der Waals surface area contributed by atoms with Gasteiger partial charge in [0.2, 0.25) is 5.91 Å². The third-order valence-electron chi connectivity index (χ3n) is 11.2. The lowest BCUT2D eigenvalue weighted by Crippen LogP contribution is -2.52. The fraction of sp³-hybridized carbons (Fsp3) is 0.353. The fourth-order valence-corrected chi connectivity index (χ4v) is 8.73. The van der Waals surface area contributed by atoms with Crippen LogP contribution in [0.2, 0.25) is 0 Å². The normalized spacial score (nSPS) is 14.5. The number of ether oxygens (including phenoxy) is 4. The lowest BCUT2D eigenvalue weighted by Gasteiger charge is -2.31. The summed E-state index contributed by atoms with van der Waals surface area (Å²) in [6, 6.07) is 40.6. The molecule has 0 saturated carbocycles. The van der Waals surface area contributed by atoms with Gasteiger partial charge in [-0.25, -0.2) is 4.79 Å². The van der Waals surface area contributed by atoms with Crippen LogP contribution in [0.15, 0.2) is 121 Å². The van der Waals surface area contributed by atoms with E-state index in [1.165, 1.54) is 27.8 Å². The maximum atomic E-state index is 14.6. The summed E-state index contributed by atoms with van der Waals surface area (Å²) in [7, 11) is 0. The Morgan fingerprint density at radius 2 is 1.23 bits per heavy atom. The van der Waals surface area contributed by atoms with Crippen LogP contribution in [0, 0.1) is 0 Å². The van der Waals surface area contributed by atoms with E-state index in [1.54, 1.807) is 25.7 Å². The molecule has 7 rings (SSSR count). The van der Waals surface area contributed by atoms with Gasteiger partial charge in [-0.3, -0.25) is 9.59 Å². The summed E-state index contributed by atoms with van der Waals surface area (Å²) in [4.78, 5) is 43.4. The zero-order valence-electron chi connectivity index (χ0n) is 35.3. The Kier molecular flexibility index (Phi) is 13.5. The standard InChI is InChI=1S/C51H56N2O7/c1-6-57-47(58-7-2)32-53(29-28-34-18-9-8-10-19-34)49(55)45(31-46(54)60-51(3,4)5)52-50(56)59-33-44-41-26-16-13-23-38(41)42-27-17-20-35(48(42)44)30-43-39-24-14-11-21-36(39)37-22-12-15-25-40(37)43/h8-27,43-45,47H,6-7,28-33H2,1-5H3,(H,52,56). The lowest BCUT2D eigenvalue weighted by molar-refractivity contribution is -0.163. The molecule has 0 spiro atoms. The van der Waals surface area contributed by atoms with Crippen LogP contribution in [0.1, 0.15) is 86.3 Å². The minimum absolute atomic E-state index is 0.0343. The zero-order chi connectivity index (χ0) is 42.2. The molecule has 0 aromatic heterocycles. The molecule has 9 heteroatoms. The molecule has 0 radical (unpaired) electrons. The topological polar surface area (TPSA) is 103 Å². The van der Waals surface area contributed by atoms with E-state index in [-0.39, 0.29) is 31.4 Å². The van der Waals surface area contributed by atoms with Gasteiger partial charge in [0.1, 0.15) is 18.2 Å². The highest BCUT2D eigenvalue weighted by Gasteiger charge is 2.36. The minimum atomic E-state index is -1.27. The molecule has 2 aliphatic carbocycles. The molecular formula is C51H56N2O7. The van der Waals surface area contributed by atoms with Gasteiger partial charge in [0.25, 0.3) is 0 Å². The van der Waals surface area contributed by atoms with E-state index in [0.717, 1.165) is 34.2 Å². The number of rotatable bonds is 17. The maximum Gasteiger partial charge on any atom is 0.407 e. The van der Waals surface area contributed by atoms with Gasteiger partial charge >= 0.3 is 12.1 Å². The molecule has 0 heterocycles. The number of fused-ring (bicyclic) bond motifs is 6. The summed E-state index contributed by atoms with van der Waals surface area (Å²) in [5.41, 5.74) is 11.0. The first-order valence-electron chi connectivity index (χ1n) is 21.1. The second-order valence-corrected chi connectivity index (χ2v) is 16.4. The summed E-state index contributed by atoms with van der Waals surface area (Å²) < 4.78 is 23.4. The molecule has 0 saturated heterocycles. The first-order valence-corrected chi connectivity index (χ1v) is 21.1. The summed E-state index contributed by atoms with van der Waals surface area (Å²) in [5, 5.41) is 2.78. The van der Waals surface area contributed by atoms with Crippen molar-refractivity contribution in [1.82, 2.24) is 10.2 Å². The van der Waals surface area contributed by atoms with E-state index < -0.39 is 35.9 Å². The molecule has 312 valence electrons. The van der Waals surface area contributed by atoms with Crippen molar-refractivity contribution in [3.05, 3.63) is 155 Å². The van der Waals surface area contributed by atoms with E-state index in [2.05, 4.69) is 84.2 Å². The smallest absolute Gasteiger partial charge is 0.407 e. The third kappa shape index (κ3) is 9.81. The molecule has 0 bridgehead atoms. The maximum absolute atomic E-state index is 14.6. The van der Waals surface area contributed by atoms with E-state index >= 15 is 0 Å². The number of hydrogen-bond donors (Lipinski definition) is 1. The molecule has 5 aromatic rings. The molecule has 60 heavy (non-hydrogen) atoms. The largest absolute Gasteiger partial charge is 0.460 e. The number of benzene rings is 5. The number of carbonyl (C=O) groups is 3. The van der Waals surface area contributed by atoms with Crippen LogP contribution in [0.25, 0.3) is 22.3 Å². The summed E-state index contributed by atoms with van der Waals surface area (Å²) in [5.74, 6) is -1.15. The van der Waals surface area contributed by atoms with E-state index in [1.807, 2.05) is 56.3 Å². The molecule has 0 fully saturated rings. The van der Waals surface area contributed by atoms with E-state index in [0.29, 0.717) is 26.2 Å². The van der Waals surface area contributed by atoms with Crippen LogP contribution < -0.4 is 5.32 Å². The number of nitrogens with one attached hydrogen (secondary N) is 1. The van der Waals surface area contributed by atoms with Gasteiger partial charge < -0.3 is 29.2 Å². The highest BCUT2D eigenvalue weighted by atomic mass is 16.7. The predicted octanol–water partition coefficient (Wildman–Crippen LogP) is 9.45. The second-order valence-electron chi connectivity index (χ2n) is 16.4. The lowest BCUT2D eigenvalue weighted by atomic mass is 9.85. The number of esters is 1. The van der Waals surface area contributed by atoms with Crippen LogP contribution >= 0.6 is 0 Å². The molecule has 2 aliphatic rings. The van der Waals surface area contributed by atoms with Crippen molar-refractivity contribution in [2.24, 2.45) is 0 Å². The molecule has 2 amide bonds. The average Bonchev–Trinajstić information content (AvgIpc) is 3.73. The highest BCUT2D eigenvalue weighted by Crippen LogP contribution is 2.50. The van der Waals surface area contributed by atoms with Gasteiger partial charge in [0, 0.05) is 31.6 Å². The SMILES string of the molecule is CCOC(CN(CCc1ccccc1)C(=O)C(CC(=O)OC(C)(C)C)NC(=O)OCC1c2ccccc2-c2cccc(CC3c4ccccc4-c4ccccc43)c21)OCC. The first kappa shape index (κ1) is 42.4. The third-order valence-corrected chi connectivity index (χ3v) is 11.2. The quantitative estimate of drug-likeness (QED) is 0.0738. The van der Waals surface area contributed by atoms with Gasteiger partial charge in [-0.05, 0) is 103 Å². The average molecular weight is 809 g/mol. The van der Waals surface area contributed by atoms with Crippen molar-refractivity contribution in [3.63, 3.8) is 0 Å². The van der Waals surface area contributed by atoms with Gasteiger partial charge in [-0.2, -0.15) is 0 Å². The summed E-state index contributed by atoms with van der Waals surface area (Å²) in [6.45, 7) is 10.2. The van der Waals surface area contributed by atoms with Crippen LogP contribution in [0.5, 0.6) is 0 Å². The van der Waals surface area contributed by atoms with Crippen molar-refractivity contribution >= 4 is 18.0 Å². The molecule has 5 aromatic carbocycles. The number of amides is 2. The van der Waals surface area contributed by atoms with E-state index in [4.69, 9.17) is 18.9 Å². The predicted molar refractivity (Wildman–Crippen MR) is 234 cm³/mol. The number of nitrogens with zero attached hydrogens (tertiary/aromatic N) is 1. The first-order chi connectivity index (χ1) is 29.0. The van der Waals surface area contributed by atoms with Crippen molar-refractivity contribution < 1.29 is 33.3 Å². The zero-order valence-corrected chi connectivity index (χ0v) is 35.3. The molecule has 1 N–H and O–H groups in total. The Balaban J connectivity index is 1.14. The molecule has 0 aliphatic heterocycles. The van der Waals surface area contributed by atoms with Crippen LogP contribution in [0.4, 0.5) is 4.79 Å². The molecule has 9 nitrogen and oxygen atoms in total. The Bertz CT molecular complexity index is 2230. The van der Waals surface area contributed by atoms with Crippen LogP contribution in [-0.4, -0.2) is 73.7 Å². The van der Waals surface area contributed by atoms with Gasteiger partial charge in [-0.1, -0.05) is 121 Å². The van der Waals surface area contributed by atoms with Crippen LogP contribution in [-0.2, 0) is 41.4 Å². The molecule has 2 atom stereocenters. The van der Waals surface area contributed by atoms with Crippen molar-refractivity contribution in [3.8, 4) is 22.3 Å². The Hall–Kier alpha value is -5.77. The van der Waals surface area contributed by atoms with Gasteiger partial charge in [0.05, 0.1) is 13.0 Å². The van der Waals surface area contributed by atoms with Crippen molar-refractivity contribution in [1.29, 1.82) is 0 Å². The number of alkyl carbamates (subject to hydrolysis) is 1. The van der Waals surface area contributed by atoms with Gasteiger partial charge in [-0.15, -0.1) is 0 Å². The van der Waals surface area contributed by atoms with E-state index in [9.17, 15) is 14.4 Å². The summed E-state index contributed by atoms with van der Waals surface area (Å²) in [6.07, 6.45) is -0.555. The van der Waals surface area contributed by atoms with Gasteiger partial charge in [0.15, 0.2) is 6.29 Å². The molecule has 2 unspecified atom stereocenters. The Morgan fingerprint density at radius 3 is 1.83 bits per heavy atom. The highest BCUT2D eigenvalue weighted by molar-refractivity contribution is 5.90. The second kappa shape index (κ2) is 19.1. The number of carbonyl (C=O) groups excluding carboxylic acids is 3. The van der Waals surface area contributed by atoms with Crippen LogP contribution in [0.3, 0.4) is 0 Å². The Morgan fingerprint density at radius 1 is 0.683 bits per heavy atom. The van der Waals surface area contributed by atoms with Crippen molar-refractivity contribution in [2.45, 2.75) is 83.6 Å². The summed E-state index contributed by atoms with van der Waals surface area (Å²) >= 11 is 0. The minimum Gasteiger partial charge on any atom is -0.460 e. The Labute approximate surface area is 354 Å².